The molecule has 0 aromatic carbocycles. The van der Waals surface area contributed by atoms with Crippen molar-refractivity contribution in [2.45, 2.75) is 43.7 Å². The van der Waals surface area contributed by atoms with E-state index in [2.05, 4.69) is 27.2 Å². The summed E-state index contributed by atoms with van der Waals surface area (Å²) < 4.78 is 32.2. The molecule has 0 aliphatic heterocycles. The Morgan fingerprint density at radius 1 is 1.57 bits per heavy atom. The molecule has 1 aliphatic rings. The van der Waals surface area contributed by atoms with Gasteiger partial charge in [0.25, 0.3) is 0 Å². The third kappa shape index (κ3) is 4.10. The standard InChI is InChI=1S/C14H19BrN2O3S/c1-3-7-17(8-4-2)21(18,19)13-9-12(20-14(13)15)10-16-11-5-6-11/h1,9,11,16H,4-8,10H2,2H3. The highest BCUT2D eigenvalue weighted by molar-refractivity contribution is 9.10. The third-order valence-electron chi connectivity index (χ3n) is 3.21. The van der Waals surface area contributed by atoms with Crippen LogP contribution in [0.4, 0.5) is 0 Å². The lowest BCUT2D eigenvalue weighted by Crippen LogP contribution is -2.32. The Balaban J connectivity index is 2.19. The molecule has 0 atom stereocenters. The van der Waals surface area contributed by atoms with Gasteiger partial charge >= 0.3 is 0 Å². The number of halogens is 1. The van der Waals surface area contributed by atoms with E-state index in [9.17, 15) is 8.42 Å². The van der Waals surface area contributed by atoms with Gasteiger partial charge in [-0.25, -0.2) is 8.42 Å². The van der Waals surface area contributed by atoms with Crippen molar-refractivity contribution in [3.05, 3.63) is 16.5 Å². The number of nitrogens with one attached hydrogen (secondary N) is 1. The smallest absolute Gasteiger partial charge is 0.248 e. The highest BCUT2D eigenvalue weighted by Crippen LogP contribution is 2.29. The van der Waals surface area contributed by atoms with Crippen LogP contribution in [0.25, 0.3) is 0 Å². The van der Waals surface area contributed by atoms with Crippen molar-refractivity contribution >= 4 is 26.0 Å². The van der Waals surface area contributed by atoms with E-state index in [-0.39, 0.29) is 16.1 Å². The van der Waals surface area contributed by atoms with E-state index in [1.54, 1.807) is 6.07 Å². The molecule has 116 valence electrons. The minimum absolute atomic E-state index is 0.0590. The van der Waals surface area contributed by atoms with E-state index in [0.29, 0.717) is 31.3 Å². The van der Waals surface area contributed by atoms with Crippen molar-refractivity contribution in [1.29, 1.82) is 0 Å². The predicted molar refractivity (Wildman–Crippen MR) is 84.2 cm³/mol. The number of hydrogen-bond acceptors (Lipinski definition) is 4. The maximum atomic E-state index is 12.6. The molecule has 0 unspecified atom stereocenters. The zero-order chi connectivity index (χ0) is 15.5. The molecule has 0 radical (unpaired) electrons. The molecular weight excluding hydrogens is 356 g/mol. The lowest BCUT2D eigenvalue weighted by molar-refractivity contribution is 0.438. The summed E-state index contributed by atoms with van der Waals surface area (Å²) in [4.78, 5) is 0.138. The fourth-order valence-corrected chi connectivity index (χ4v) is 4.37. The fourth-order valence-electron chi connectivity index (χ4n) is 1.97. The maximum Gasteiger partial charge on any atom is 0.248 e. The molecule has 1 heterocycles. The average Bonchev–Trinajstić information content (AvgIpc) is 3.18. The molecule has 0 saturated heterocycles. The Kier molecular flexibility index (Phi) is 5.49. The summed E-state index contributed by atoms with van der Waals surface area (Å²) in [5.74, 6) is 2.99. The van der Waals surface area contributed by atoms with E-state index >= 15 is 0 Å². The zero-order valence-electron chi connectivity index (χ0n) is 11.9. The first-order valence-electron chi connectivity index (χ1n) is 6.94. The topological polar surface area (TPSA) is 62.6 Å². The Morgan fingerprint density at radius 2 is 2.29 bits per heavy atom. The van der Waals surface area contributed by atoms with Crippen LogP contribution in [0.15, 0.2) is 20.0 Å². The lowest BCUT2D eigenvalue weighted by Gasteiger charge is -2.18. The largest absolute Gasteiger partial charge is 0.452 e. The number of furan rings is 1. The molecule has 1 aliphatic carbocycles. The van der Waals surface area contributed by atoms with Crippen LogP contribution in [-0.2, 0) is 16.6 Å². The monoisotopic (exact) mass is 374 g/mol. The molecule has 1 saturated carbocycles. The molecule has 1 N–H and O–H groups in total. The zero-order valence-corrected chi connectivity index (χ0v) is 14.3. The predicted octanol–water partition coefficient (Wildman–Crippen LogP) is 2.33. The van der Waals surface area contributed by atoms with Gasteiger partial charge in [-0.2, -0.15) is 4.31 Å². The van der Waals surface area contributed by atoms with E-state index in [0.717, 1.165) is 0 Å². The van der Waals surface area contributed by atoms with Gasteiger partial charge in [-0.1, -0.05) is 12.8 Å². The number of rotatable bonds is 8. The Hall–Kier alpha value is -0.810. The van der Waals surface area contributed by atoms with E-state index < -0.39 is 10.0 Å². The number of nitrogens with zero attached hydrogens (tertiary/aromatic N) is 1. The lowest BCUT2D eigenvalue weighted by atomic mass is 10.4. The van der Waals surface area contributed by atoms with Crippen LogP contribution < -0.4 is 5.32 Å². The van der Waals surface area contributed by atoms with Gasteiger partial charge in [0, 0.05) is 18.7 Å². The van der Waals surface area contributed by atoms with E-state index in [1.807, 2.05) is 6.92 Å². The van der Waals surface area contributed by atoms with Gasteiger partial charge in [0.05, 0.1) is 13.1 Å². The molecule has 0 spiro atoms. The van der Waals surface area contributed by atoms with Crippen LogP contribution in [0.1, 0.15) is 31.9 Å². The Bertz CT molecular complexity index is 629. The molecular formula is C14H19BrN2O3S. The van der Waals surface area contributed by atoms with Gasteiger partial charge in [-0.15, -0.1) is 6.42 Å². The maximum absolute atomic E-state index is 12.6. The number of sulfonamides is 1. The first-order valence-corrected chi connectivity index (χ1v) is 9.17. The second kappa shape index (κ2) is 6.97. The van der Waals surface area contributed by atoms with Crippen molar-refractivity contribution < 1.29 is 12.8 Å². The molecule has 0 bridgehead atoms. The quantitative estimate of drug-likeness (QED) is 0.709. The normalized spacial score (nSPS) is 15.3. The first-order chi connectivity index (χ1) is 9.98. The van der Waals surface area contributed by atoms with Crippen molar-refractivity contribution in [3.63, 3.8) is 0 Å². The molecule has 1 fully saturated rings. The van der Waals surface area contributed by atoms with Gasteiger partial charge in [0.2, 0.25) is 10.0 Å². The highest BCUT2D eigenvalue weighted by atomic mass is 79.9. The van der Waals surface area contributed by atoms with Crippen LogP contribution in [0.2, 0.25) is 0 Å². The molecule has 7 heteroatoms. The van der Waals surface area contributed by atoms with Gasteiger partial charge in [-0.3, -0.25) is 0 Å². The number of terminal acetylenes is 1. The van der Waals surface area contributed by atoms with Crippen LogP contribution in [-0.4, -0.2) is 31.9 Å². The molecule has 1 aromatic rings. The van der Waals surface area contributed by atoms with E-state index in [4.69, 9.17) is 10.8 Å². The SMILES string of the molecule is C#CCN(CCC)S(=O)(=O)c1cc(CNC2CC2)oc1Br. The van der Waals surface area contributed by atoms with Crippen molar-refractivity contribution in [1.82, 2.24) is 9.62 Å². The molecule has 1 aromatic heterocycles. The molecule has 2 rings (SSSR count). The third-order valence-corrected chi connectivity index (χ3v) is 5.91. The molecule has 0 amide bonds. The van der Waals surface area contributed by atoms with Gasteiger partial charge in [-0.05, 0) is 35.2 Å². The average molecular weight is 375 g/mol. The Morgan fingerprint density at radius 3 is 2.86 bits per heavy atom. The molecule has 21 heavy (non-hydrogen) atoms. The van der Waals surface area contributed by atoms with Crippen molar-refractivity contribution in [2.24, 2.45) is 0 Å². The minimum atomic E-state index is -3.64. The van der Waals surface area contributed by atoms with Crippen molar-refractivity contribution in [2.75, 3.05) is 13.1 Å². The fraction of sp³-hybridized carbons (Fsp3) is 0.571. The summed E-state index contributed by atoms with van der Waals surface area (Å²) in [7, 11) is -3.64. The summed E-state index contributed by atoms with van der Waals surface area (Å²) in [5, 5.41) is 3.29. The van der Waals surface area contributed by atoms with E-state index in [1.165, 1.54) is 17.1 Å². The summed E-state index contributed by atoms with van der Waals surface area (Å²) >= 11 is 3.19. The second-order valence-electron chi connectivity index (χ2n) is 5.05. The summed E-state index contributed by atoms with van der Waals surface area (Å²) in [5.41, 5.74) is 0. The van der Waals surface area contributed by atoms with Gasteiger partial charge < -0.3 is 9.73 Å². The second-order valence-corrected chi connectivity index (χ2v) is 7.68. The van der Waals surface area contributed by atoms with Crippen molar-refractivity contribution in [3.8, 4) is 12.3 Å². The highest BCUT2D eigenvalue weighted by Gasteiger charge is 2.29. The van der Waals surface area contributed by atoms with Crippen LogP contribution in [0.3, 0.4) is 0 Å². The van der Waals surface area contributed by atoms with Crippen LogP contribution in [0, 0.1) is 12.3 Å². The Labute approximate surface area is 134 Å². The van der Waals surface area contributed by atoms with Gasteiger partial charge in [0.1, 0.15) is 10.7 Å². The summed E-state index contributed by atoms with van der Waals surface area (Å²) in [6, 6.07) is 2.10. The summed E-state index contributed by atoms with van der Waals surface area (Å²) in [6.07, 6.45) is 8.30. The number of hydrogen-bond donors (Lipinski definition) is 1. The first kappa shape index (κ1) is 16.6. The minimum Gasteiger partial charge on any atom is -0.452 e. The van der Waals surface area contributed by atoms with Gasteiger partial charge in [0.15, 0.2) is 4.67 Å². The van der Waals surface area contributed by atoms with Crippen LogP contribution in [0.5, 0.6) is 0 Å². The van der Waals surface area contributed by atoms with Crippen LogP contribution >= 0.6 is 15.9 Å². The summed E-state index contributed by atoms with van der Waals surface area (Å²) in [6.45, 7) is 2.89. The molecule has 5 nitrogen and oxygen atoms in total.